The van der Waals surface area contributed by atoms with E-state index in [1.165, 1.54) is 22.2 Å². The van der Waals surface area contributed by atoms with Gasteiger partial charge in [0, 0.05) is 33.3 Å². The third kappa shape index (κ3) is 4.46. The van der Waals surface area contributed by atoms with Gasteiger partial charge in [-0.05, 0) is 25.7 Å². The van der Waals surface area contributed by atoms with Gasteiger partial charge in [0.25, 0.3) is 5.56 Å². The molecule has 2 N–H and O–H groups in total. The summed E-state index contributed by atoms with van der Waals surface area (Å²) in [5, 5.41) is 6.20. The van der Waals surface area contributed by atoms with Gasteiger partial charge in [-0.1, -0.05) is 11.3 Å². The first-order chi connectivity index (χ1) is 14.5. The molecular formula is C19H26N6O4S. The molecule has 0 bridgehead atoms. The van der Waals surface area contributed by atoms with Crippen LogP contribution in [-0.4, -0.2) is 65.7 Å². The Morgan fingerprint density at radius 3 is 2.97 bits per heavy atom. The van der Waals surface area contributed by atoms with Crippen LogP contribution in [0.1, 0.15) is 25.7 Å². The molecule has 0 aliphatic carbocycles. The van der Waals surface area contributed by atoms with Crippen LogP contribution in [0.4, 0.5) is 5.13 Å². The van der Waals surface area contributed by atoms with E-state index in [1.807, 2.05) is 4.90 Å². The summed E-state index contributed by atoms with van der Waals surface area (Å²) in [6, 6.07) is 0. The summed E-state index contributed by atoms with van der Waals surface area (Å²) >= 11 is 1.26. The van der Waals surface area contributed by atoms with Crippen molar-refractivity contribution in [2.24, 2.45) is 5.92 Å². The Morgan fingerprint density at radius 2 is 2.20 bits per heavy atom. The molecule has 0 spiro atoms. The third-order valence-corrected chi connectivity index (χ3v) is 6.64. The molecule has 2 amide bonds. The number of carbonyl (C=O) groups excluding carboxylic acids is 2. The van der Waals surface area contributed by atoms with Gasteiger partial charge in [-0.2, -0.15) is 4.98 Å². The highest BCUT2D eigenvalue weighted by Crippen LogP contribution is 2.29. The molecule has 30 heavy (non-hydrogen) atoms. The van der Waals surface area contributed by atoms with E-state index in [0.717, 1.165) is 38.8 Å². The van der Waals surface area contributed by atoms with E-state index < -0.39 is 0 Å². The second-order valence-corrected chi connectivity index (χ2v) is 8.64. The number of rotatable bonds is 6. The molecule has 2 aliphatic rings. The average Bonchev–Trinajstić information content (AvgIpc) is 3.44. The normalized spacial score (nSPS) is 21.7. The Kier molecular flexibility index (Phi) is 6.28. The van der Waals surface area contributed by atoms with Gasteiger partial charge >= 0.3 is 0 Å². The summed E-state index contributed by atoms with van der Waals surface area (Å²) in [6.07, 6.45) is 5.09. The Balaban J connectivity index is 1.45. The predicted octanol–water partition coefficient (Wildman–Crippen LogP) is 0.111. The zero-order valence-electron chi connectivity index (χ0n) is 16.9. The molecule has 2 fully saturated rings. The minimum atomic E-state index is -0.282. The Hall–Kier alpha value is -2.53. The van der Waals surface area contributed by atoms with Crippen LogP contribution in [0.25, 0.3) is 10.3 Å². The first-order valence-electron chi connectivity index (χ1n) is 10.3. The second-order valence-electron chi connectivity index (χ2n) is 7.67. The number of nitrogens with zero attached hydrogens (tertiary/aromatic N) is 4. The number of nitrogens with one attached hydrogen (secondary N) is 2. The summed E-state index contributed by atoms with van der Waals surface area (Å²) in [7, 11) is 1.64. The number of hydrogen-bond donors (Lipinski definition) is 2. The minimum absolute atomic E-state index is 0.0234. The van der Waals surface area contributed by atoms with E-state index in [0.29, 0.717) is 28.6 Å². The highest BCUT2D eigenvalue weighted by molar-refractivity contribution is 7.22. The molecule has 11 heteroatoms. The fourth-order valence-electron chi connectivity index (χ4n) is 3.90. The van der Waals surface area contributed by atoms with Crippen molar-refractivity contribution in [3.63, 3.8) is 0 Å². The first kappa shape index (κ1) is 20.7. The summed E-state index contributed by atoms with van der Waals surface area (Å²) in [4.78, 5) is 47.9. The highest BCUT2D eigenvalue weighted by atomic mass is 32.1. The lowest BCUT2D eigenvalue weighted by Crippen LogP contribution is -2.42. The van der Waals surface area contributed by atoms with Crippen molar-refractivity contribution >= 4 is 38.6 Å². The first-order valence-corrected chi connectivity index (χ1v) is 11.1. The fraction of sp³-hybridized carbons (Fsp3) is 0.632. The zero-order valence-corrected chi connectivity index (χ0v) is 17.7. The van der Waals surface area contributed by atoms with Crippen LogP contribution in [-0.2, 0) is 20.9 Å². The standard InChI is InChI=1S/C19H26N6O4S/c1-20-17(27)12-4-2-6-24(9-12)19-23-16-15(30-19)18(28)25(11-22-16)10-14(26)21-8-13-5-3-7-29-13/h11-13H,2-10H2,1H3,(H,20,27)(H,21,26)/t12-,13-/m1/s1. The summed E-state index contributed by atoms with van der Waals surface area (Å²) in [5.41, 5.74) is 0.0916. The van der Waals surface area contributed by atoms with Gasteiger partial charge in [0.05, 0.1) is 12.0 Å². The number of carbonyl (C=O) groups is 2. The van der Waals surface area contributed by atoms with E-state index in [-0.39, 0.29) is 35.9 Å². The fourth-order valence-corrected chi connectivity index (χ4v) is 4.90. The van der Waals surface area contributed by atoms with Crippen molar-refractivity contribution < 1.29 is 14.3 Å². The number of piperidine rings is 1. The van der Waals surface area contributed by atoms with Crippen LogP contribution in [0.3, 0.4) is 0 Å². The largest absolute Gasteiger partial charge is 0.376 e. The van der Waals surface area contributed by atoms with E-state index >= 15 is 0 Å². The smallest absolute Gasteiger partial charge is 0.273 e. The molecule has 0 radical (unpaired) electrons. The van der Waals surface area contributed by atoms with Crippen molar-refractivity contribution in [3.05, 3.63) is 16.7 Å². The number of amides is 2. The summed E-state index contributed by atoms with van der Waals surface area (Å²) in [5.74, 6) is -0.314. The SMILES string of the molecule is CNC(=O)[C@@H]1CCCN(c2nc3ncn(CC(=O)NC[C@H]4CCCO4)c(=O)c3s2)C1. The number of hydrogen-bond acceptors (Lipinski definition) is 8. The molecule has 10 nitrogen and oxygen atoms in total. The van der Waals surface area contributed by atoms with Crippen LogP contribution < -0.4 is 21.1 Å². The molecule has 0 saturated carbocycles. The number of ether oxygens (including phenoxy) is 1. The molecule has 4 rings (SSSR count). The Labute approximate surface area is 177 Å². The minimum Gasteiger partial charge on any atom is -0.376 e. The topological polar surface area (TPSA) is 118 Å². The van der Waals surface area contributed by atoms with Gasteiger partial charge in [0.1, 0.15) is 17.6 Å². The van der Waals surface area contributed by atoms with E-state index in [1.54, 1.807) is 7.05 Å². The molecule has 2 aliphatic heterocycles. The maximum Gasteiger partial charge on any atom is 0.273 e. The Bertz CT molecular complexity index is 983. The van der Waals surface area contributed by atoms with Gasteiger partial charge in [-0.15, -0.1) is 0 Å². The molecular weight excluding hydrogens is 408 g/mol. The van der Waals surface area contributed by atoms with E-state index in [4.69, 9.17) is 4.74 Å². The van der Waals surface area contributed by atoms with Crippen molar-refractivity contribution in [1.82, 2.24) is 25.2 Å². The molecule has 2 aromatic rings. The quantitative estimate of drug-likeness (QED) is 0.662. The lowest BCUT2D eigenvalue weighted by molar-refractivity contribution is -0.124. The molecule has 2 aromatic heterocycles. The highest BCUT2D eigenvalue weighted by Gasteiger charge is 2.27. The lowest BCUT2D eigenvalue weighted by Gasteiger charge is -2.31. The van der Waals surface area contributed by atoms with Gasteiger partial charge < -0.3 is 20.3 Å². The van der Waals surface area contributed by atoms with Crippen LogP contribution in [0.5, 0.6) is 0 Å². The molecule has 4 heterocycles. The van der Waals surface area contributed by atoms with E-state index in [9.17, 15) is 14.4 Å². The van der Waals surface area contributed by atoms with Crippen molar-refractivity contribution in [2.75, 3.05) is 38.2 Å². The van der Waals surface area contributed by atoms with Crippen LogP contribution in [0.2, 0.25) is 0 Å². The summed E-state index contributed by atoms with van der Waals surface area (Å²) < 4.78 is 7.22. The maximum atomic E-state index is 12.8. The monoisotopic (exact) mass is 434 g/mol. The second kappa shape index (κ2) is 9.09. The van der Waals surface area contributed by atoms with Crippen LogP contribution in [0, 0.1) is 5.92 Å². The van der Waals surface area contributed by atoms with Gasteiger partial charge in [0.2, 0.25) is 11.8 Å². The zero-order chi connectivity index (χ0) is 21.1. The van der Waals surface area contributed by atoms with Crippen molar-refractivity contribution in [3.8, 4) is 0 Å². The van der Waals surface area contributed by atoms with Gasteiger partial charge in [-0.25, -0.2) is 4.98 Å². The number of fused-ring (bicyclic) bond motifs is 1. The van der Waals surface area contributed by atoms with Crippen LogP contribution in [0.15, 0.2) is 11.1 Å². The maximum absolute atomic E-state index is 12.8. The number of thiazole rings is 1. The third-order valence-electron chi connectivity index (χ3n) is 5.55. The molecule has 2 atom stereocenters. The molecule has 0 unspecified atom stereocenters. The Morgan fingerprint density at radius 1 is 1.33 bits per heavy atom. The van der Waals surface area contributed by atoms with Crippen molar-refractivity contribution in [2.45, 2.75) is 38.3 Å². The predicted molar refractivity (Wildman–Crippen MR) is 113 cm³/mol. The lowest BCUT2D eigenvalue weighted by atomic mass is 9.98. The average molecular weight is 435 g/mol. The van der Waals surface area contributed by atoms with Crippen molar-refractivity contribution in [1.29, 1.82) is 0 Å². The number of anilines is 1. The molecule has 162 valence electrons. The van der Waals surface area contributed by atoms with Crippen LogP contribution >= 0.6 is 11.3 Å². The van der Waals surface area contributed by atoms with Gasteiger partial charge in [0.15, 0.2) is 10.8 Å². The summed E-state index contributed by atoms with van der Waals surface area (Å²) in [6.45, 7) is 2.45. The van der Waals surface area contributed by atoms with Gasteiger partial charge in [-0.3, -0.25) is 19.0 Å². The van der Waals surface area contributed by atoms with E-state index in [2.05, 4.69) is 20.6 Å². The number of aromatic nitrogens is 3. The molecule has 2 saturated heterocycles. The molecule has 0 aromatic carbocycles.